The Bertz CT molecular complexity index is 195. The zero-order chi connectivity index (χ0) is 10.7. The normalized spacial score (nSPS) is 39.2. The van der Waals surface area contributed by atoms with Crippen LogP contribution in [0.1, 0.15) is 33.1 Å². The third-order valence-electron chi connectivity index (χ3n) is 3.85. The first-order valence-corrected chi connectivity index (χ1v) is 6.46. The van der Waals surface area contributed by atoms with E-state index in [4.69, 9.17) is 0 Å². The van der Waals surface area contributed by atoms with Crippen molar-refractivity contribution >= 4 is 0 Å². The molecule has 0 aliphatic carbocycles. The molecule has 3 unspecified atom stereocenters. The van der Waals surface area contributed by atoms with Crippen LogP contribution in [0.25, 0.3) is 0 Å². The zero-order valence-electron chi connectivity index (χ0n) is 10.2. The van der Waals surface area contributed by atoms with Gasteiger partial charge in [0.25, 0.3) is 0 Å². The fourth-order valence-corrected chi connectivity index (χ4v) is 2.98. The van der Waals surface area contributed by atoms with Gasteiger partial charge < -0.3 is 0 Å². The predicted molar refractivity (Wildman–Crippen MR) is 63.6 cm³/mol. The summed E-state index contributed by atoms with van der Waals surface area (Å²) in [6.45, 7) is 10.6. The van der Waals surface area contributed by atoms with Crippen LogP contribution in [0.2, 0.25) is 0 Å². The minimum Gasteiger partial charge on any atom is -0.291 e. The summed E-state index contributed by atoms with van der Waals surface area (Å²) in [7, 11) is 0. The van der Waals surface area contributed by atoms with Crippen LogP contribution in [0.4, 0.5) is 0 Å². The fourth-order valence-electron chi connectivity index (χ4n) is 2.98. The first kappa shape index (κ1) is 11.4. The smallest absolute Gasteiger partial charge is 0.0493 e. The molecule has 0 amide bonds. The average molecular weight is 211 g/mol. The van der Waals surface area contributed by atoms with E-state index < -0.39 is 0 Å². The Morgan fingerprint density at radius 1 is 1.20 bits per heavy atom. The van der Waals surface area contributed by atoms with E-state index in [0.717, 1.165) is 25.3 Å². The summed E-state index contributed by atoms with van der Waals surface area (Å²) < 4.78 is 0. The van der Waals surface area contributed by atoms with Crippen molar-refractivity contribution in [2.24, 2.45) is 5.92 Å². The van der Waals surface area contributed by atoms with E-state index in [0.29, 0.717) is 0 Å². The zero-order valence-corrected chi connectivity index (χ0v) is 10.2. The molecule has 0 saturated carbocycles. The summed E-state index contributed by atoms with van der Waals surface area (Å²) in [4.78, 5) is 5.19. The molecule has 15 heavy (non-hydrogen) atoms. The quantitative estimate of drug-likeness (QED) is 0.705. The molecule has 2 rings (SSSR count). The Hall–Kier alpha value is -0.120. The van der Waals surface area contributed by atoms with E-state index in [1.54, 1.807) is 0 Å². The third kappa shape index (κ3) is 2.92. The lowest BCUT2D eigenvalue weighted by atomic mass is 9.97. The monoisotopic (exact) mass is 211 g/mol. The van der Waals surface area contributed by atoms with Crippen LogP contribution in [0, 0.1) is 5.92 Å². The SMILES string of the molecule is CCN1CNCN2CC(C)CCCC1C2. The Balaban J connectivity index is 2.01. The summed E-state index contributed by atoms with van der Waals surface area (Å²) in [5, 5.41) is 3.55. The summed E-state index contributed by atoms with van der Waals surface area (Å²) in [6.07, 6.45) is 4.21. The highest BCUT2D eigenvalue weighted by atomic mass is 15.4. The Kier molecular flexibility index (Phi) is 4.00. The average Bonchev–Trinajstić information content (AvgIpc) is 2.38. The van der Waals surface area contributed by atoms with E-state index in [1.807, 2.05) is 0 Å². The molecule has 2 fully saturated rings. The van der Waals surface area contributed by atoms with Crippen molar-refractivity contribution in [3.05, 3.63) is 0 Å². The number of hydrogen-bond donors (Lipinski definition) is 1. The maximum Gasteiger partial charge on any atom is 0.0493 e. The van der Waals surface area contributed by atoms with Crippen molar-refractivity contribution in [1.29, 1.82) is 0 Å². The highest BCUT2D eigenvalue weighted by Gasteiger charge is 2.26. The molecule has 0 aromatic rings. The molecule has 3 heteroatoms. The molecule has 3 atom stereocenters. The van der Waals surface area contributed by atoms with Crippen molar-refractivity contribution in [3.63, 3.8) is 0 Å². The fraction of sp³-hybridized carbons (Fsp3) is 1.00. The van der Waals surface area contributed by atoms with Crippen molar-refractivity contribution in [3.8, 4) is 0 Å². The lowest BCUT2D eigenvalue weighted by Gasteiger charge is -2.33. The van der Waals surface area contributed by atoms with Gasteiger partial charge in [0.2, 0.25) is 0 Å². The van der Waals surface area contributed by atoms with Gasteiger partial charge in [-0.25, -0.2) is 0 Å². The van der Waals surface area contributed by atoms with Gasteiger partial charge in [0.15, 0.2) is 0 Å². The summed E-state index contributed by atoms with van der Waals surface area (Å²) in [5.41, 5.74) is 0. The highest BCUT2D eigenvalue weighted by molar-refractivity contribution is 4.81. The number of rotatable bonds is 1. The lowest BCUT2D eigenvalue weighted by Crippen LogP contribution is -2.43. The second-order valence-corrected chi connectivity index (χ2v) is 5.20. The lowest BCUT2D eigenvalue weighted by molar-refractivity contribution is 0.144. The van der Waals surface area contributed by atoms with Gasteiger partial charge in [-0.1, -0.05) is 20.3 Å². The number of nitrogens with zero attached hydrogens (tertiary/aromatic N) is 2. The molecule has 0 radical (unpaired) electrons. The van der Waals surface area contributed by atoms with Crippen LogP contribution in [0.3, 0.4) is 0 Å². The van der Waals surface area contributed by atoms with Crippen LogP contribution in [-0.2, 0) is 0 Å². The molecular weight excluding hydrogens is 186 g/mol. The molecular formula is C12H25N3. The second kappa shape index (κ2) is 5.28. The van der Waals surface area contributed by atoms with Gasteiger partial charge in [-0.3, -0.25) is 15.1 Å². The van der Waals surface area contributed by atoms with E-state index in [1.165, 1.54) is 38.9 Å². The first-order chi connectivity index (χ1) is 7.29. The number of hydrogen-bond acceptors (Lipinski definition) is 3. The molecule has 0 aromatic carbocycles. The van der Waals surface area contributed by atoms with Gasteiger partial charge in [-0.15, -0.1) is 0 Å². The van der Waals surface area contributed by atoms with Crippen LogP contribution in [0.15, 0.2) is 0 Å². The minimum absolute atomic E-state index is 0.789. The molecule has 2 bridgehead atoms. The second-order valence-electron chi connectivity index (χ2n) is 5.20. The predicted octanol–water partition coefficient (Wildman–Crippen LogP) is 1.32. The van der Waals surface area contributed by atoms with Crippen LogP contribution in [0.5, 0.6) is 0 Å². The van der Waals surface area contributed by atoms with E-state index >= 15 is 0 Å². The van der Waals surface area contributed by atoms with Crippen LogP contribution >= 0.6 is 0 Å². The molecule has 0 spiro atoms. The summed E-state index contributed by atoms with van der Waals surface area (Å²) in [6, 6.07) is 0.789. The van der Waals surface area contributed by atoms with Crippen LogP contribution in [-0.4, -0.2) is 48.8 Å². The Labute approximate surface area is 93.8 Å². The summed E-state index contributed by atoms with van der Waals surface area (Å²) in [5.74, 6) is 0.876. The number of nitrogens with one attached hydrogen (secondary N) is 1. The van der Waals surface area contributed by atoms with Crippen molar-refractivity contribution in [2.45, 2.75) is 39.2 Å². The van der Waals surface area contributed by atoms with Gasteiger partial charge in [0, 0.05) is 32.5 Å². The van der Waals surface area contributed by atoms with Crippen molar-refractivity contribution in [2.75, 3.05) is 33.0 Å². The van der Waals surface area contributed by atoms with Gasteiger partial charge in [0.05, 0.1) is 0 Å². The molecule has 88 valence electrons. The van der Waals surface area contributed by atoms with Crippen molar-refractivity contribution in [1.82, 2.24) is 15.1 Å². The van der Waals surface area contributed by atoms with Crippen LogP contribution < -0.4 is 5.32 Å². The maximum absolute atomic E-state index is 3.55. The highest BCUT2D eigenvalue weighted by Crippen LogP contribution is 2.20. The standard InChI is InChI=1S/C12H25N3/c1-3-15-10-13-9-14-7-11(2)5-4-6-12(15)8-14/h11-13H,3-10H2,1-2H3. The van der Waals surface area contributed by atoms with Crippen molar-refractivity contribution < 1.29 is 0 Å². The van der Waals surface area contributed by atoms with E-state index in [2.05, 4.69) is 29.0 Å². The topological polar surface area (TPSA) is 18.5 Å². The Morgan fingerprint density at radius 2 is 2.07 bits per heavy atom. The van der Waals surface area contributed by atoms with E-state index in [9.17, 15) is 0 Å². The molecule has 3 nitrogen and oxygen atoms in total. The van der Waals surface area contributed by atoms with Gasteiger partial charge >= 0.3 is 0 Å². The first-order valence-electron chi connectivity index (χ1n) is 6.46. The largest absolute Gasteiger partial charge is 0.291 e. The van der Waals surface area contributed by atoms with E-state index in [-0.39, 0.29) is 0 Å². The van der Waals surface area contributed by atoms with Gasteiger partial charge in [-0.05, 0) is 25.3 Å². The van der Waals surface area contributed by atoms with Gasteiger partial charge in [0.1, 0.15) is 0 Å². The molecule has 0 aromatic heterocycles. The number of fused-ring (bicyclic) bond motifs is 2. The molecule has 2 saturated heterocycles. The number of likely N-dealkylation sites (N-methyl/N-ethyl adjacent to an activating group) is 1. The Morgan fingerprint density at radius 3 is 2.87 bits per heavy atom. The molecule has 2 heterocycles. The molecule has 2 aliphatic rings. The summed E-state index contributed by atoms with van der Waals surface area (Å²) >= 11 is 0. The third-order valence-corrected chi connectivity index (χ3v) is 3.85. The maximum atomic E-state index is 3.55. The molecule has 2 aliphatic heterocycles. The van der Waals surface area contributed by atoms with Gasteiger partial charge in [-0.2, -0.15) is 0 Å². The minimum atomic E-state index is 0.789. The molecule has 1 N–H and O–H groups in total.